The molecule has 1 atom stereocenters. The first-order valence-corrected chi connectivity index (χ1v) is 13.3. The molecule has 1 aromatic heterocycles. The van der Waals surface area contributed by atoms with Gasteiger partial charge in [-0.25, -0.2) is 4.98 Å². The Bertz CT molecular complexity index is 1310. The summed E-state index contributed by atoms with van der Waals surface area (Å²) in [7, 11) is 0. The van der Waals surface area contributed by atoms with Gasteiger partial charge in [0.05, 0.1) is 16.9 Å². The Morgan fingerprint density at radius 1 is 1.11 bits per heavy atom. The molecule has 4 heteroatoms. The number of fused-ring (bicyclic) bond motifs is 2. The van der Waals surface area contributed by atoms with Gasteiger partial charge in [0.1, 0.15) is 11.8 Å². The highest BCUT2D eigenvalue weighted by Crippen LogP contribution is 2.41. The number of ether oxygens (including phenoxy) is 1. The third kappa shape index (κ3) is 6.02. The quantitative estimate of drug-likeness (QED) is 0.413. The second kappa shape index (κ2) is 10.4. The lowest BCUT2D eigenvalue weighted by atomic mass is 9.72. The summed E-state index contributed by atoms with van der Waals surface area (Å²) < 4.78 is 6.36. The average molecular weight is 503 g/mol. The van der Waals surface area contributed by atoms with Gasteiger partial charge in [-0.3, -0.25) is 0 Å². The Balaban J connectivity index is 1.47. The van der Waals surface area contributed by atoms with E-state index in [2.05, 4.69) is 96.3 Å². The van der Waals surface area contributed by atoms with E-state index in [9.17, 15) is 0 Å². The van der Waals surface area contributed by atoms with Crippen LogP contribution in [0.5, 0.6) is 0 Å². The molecule has 1 N–H and O–H groups in total. The SMILES string of the molecule is CC(C=CC1=C(C)CCCC1(C)C)=CC=CC(C)=CC1Nc2cc3cc(Cl)ccc3nc2C(C)(C)O1. The first kappa shape index (κ1) is 26.4. The van der Waals surface area contributed by atoms with E-state index in [1.165, 1.54) is 36.0 Å². The normalized spacial score (nSPS) is 22.4. The van der Waals surface area contributed by atoms with Crippen molar-refractivity contribution in [2.45, 2.75) is 79.6 Å². The number of benzene rings is 1. The van der Waals surface area contributed by atoms with Crippen LogP contribution in [0.3, 0.4) is 0 Å². The average Bonchev–Trinajstić information content (AvgIpc) is 2.76. The second-order valence-electron chi connectivity index (χ2n) is 11.4. The summed E-state index contributed by atoms with van der Waals surface area (Å²) in [4.78, 5) is 4.86. The summed E-state index contributed by atoms with van der Waals surface area (Å²) in [6.45, 7) is 15.4. The van der Waals surface area contributed by atoms with Crippen molar-refractivity contribution in [2.75, 3.05) is 5.32 Å². The smallest absolute Gasteiger partial charge is 0.148 e. The third-order valence-corrected chi connectivity index (χ3v) is 7.49. The first-order valence-electron chi connectivity index (χ1n) is 12.9. The van der Waals surface area contributed by atoms with Gasteiger partial charge in [0.2, 0.25) is 0 Å². The fourth-order valence-corrected chi connectivity index (χ4v) is 5.46. The van der Waals surface area contributed by atoms with Crippen LogP contribution in [0.1, 0.15) is 73.4 Å². The molecule has 190 valence electrons. The van der Waals surface area contributed by atoms with Gasteiger partial charge in [-0.15, -0.1) is 0 Å². The Morgan fingerprint density at radius 3 is 2.64 bits per heavy atom. The van der Waals surface area contributed by atoms with E-state index >= 15 is 0 Å². The van der Waals surface area contributed by atoms with E-state index in [0.29, 0.717) is 5.02 Å². The molecule has 2 aliphatic rings. The summed E-state index contributed by atoms with van der Waals surface area (Å²) >= 11 is 6.20. The van der Waals surface area contributed by atoms with E-state index in [-0.39, 0.29) is 11.6 Å². The van der Waals surface area contributed by atoms with Crippen molar-refractivity contribution in [3.63, 3.8) is 0 Å². The van der Waals surface area contributed by atoms with Crippen molar-refractivity contribution >= 4 is 28.2 Å². The lowest BCUT2D eigenvalue weighted by Crippen LogP contribution is -2.39. The number of nitrogens with one attached hydrogen (secondary N) is 1. The van der Waals surface area contributed by atoms with Gasteiger partial charge >= 0.3 is 0 Å². The van der Waals surface area contributed by atoms with Crippen molar-refractivity contribution in [3.05, 3.63) is 93.7 Å². The number of pyridine rings is 1. The molecular formula is C32H39ClN2O. The van der Waals surface area contributed by atoms with Gasteiger partial charge in [0, 0.05) is 10.4 Å². The van der Waals surface area contributed by atoms with Crippen LogP contribution in [0.4, 0.5) is 5.69 Å². The monoisotopic (exact) mass is 502 g/mol. The summed E-state index contributed by atoms with van der Waals surface area (Å²) in [5, 5.41) is 5.22. The number of aromatic nitrogens is 1. The molecule has 4 rings (SSSR count). The van der Waals surface area contributed by atoms with Crippen LogP contribution in [-0.2, 0) is 10.3 Å². The van der Waals surface area contributed by atoms with Crippen LogP contribution in [-0.4, -0.2) is 11.2 Å². The molecule has 1 aromatic carbocycles. The topological polar surface area (TPSA) is 34.2 Å². The summed E-state index contributed by atoms with van der Waals surface area (Å²) in [6, 6.07) is 7.88. The maximum absolute atomic E-state index is 6.36. The standard InChI is InChI=1S/C32H39ClN2O/c1-21(13-15-26-23(3)12-9-17-31(26,4)5)10-8-11-22(2)18-29-34-28-20-24-19-25(33)14-16-27(24)35-30(28)32(6,7)36-29/h8,10-11,13-16,18-20,29,34H,9,12,17H2,1-7H3. The molecule has 0 saturated heterocycles. The number of halogens is 1. The van der Waals surface area contributed by atoms with E-state index in [1.54, 1.807) is 0 Å². The zero-order valence-corrected chi connectivity index (χ0v) is 23.5. The van der Waals surface area contributed by atoms with Crippen molar-refractivity contribution in [1.29, 1.82) is 0 Å². The Labute approximate surface area is 221 Å². The molecule has 0 spiro atoms. The zero-order valence-electron chi connectivity index (χ0n) is 22.7. The zero-order chi connectivity index (χ0) is 26.1. The molecule has 1 aliphatic heterocycles. The fourth-order valence-electron chi connectivity index (χ4n) is 5.27. The van der Waals surface area contributed by atoms with Crippen LogP contribution in [0.25, 0.3) is 10.9 Å². The highest BCUT2D eigenvalue weighted by Gasteiger charge is 2.34. The van der Waals surface area contributed by atoms with Crippen molar-refractivity contribution in [2.24, 2.45) is 5.41 Å². The number of nitrogens with zero attached hydrogens (tertiary/aromatic N) is 1. The predicted octanol–water partition coefficient (Wildman–Crippen LogP) is 9.42. The minimum atomic E-state index is -0.513. The van der Waals surface area contributed by atoms with Crippen LogP contribution in [0.2, 0.25) is 5.02 Å². The van der Waals surface area contributed by atoms with Crippen molar-refractivity contribution in [1.82, 2.24) is 4.98 Å². The van der Waals surface area contributed by atoms with Crippen molar-refractivity contribution < 1.29 is 4.74 Å². The van der Waals surface area contributed by atoms with E-state index in [0.717, 1.165) is 27.9 Å². The fraction of sp³-hybridized carbons (Fsp3) is 0.406. The van der Waals surface area contributed by atoms with Gasteiger partial charge in [0.25, 0.3) is 0 Å². The molecule has 2 heterocycles. The van der Waals surface area contributed by atoms with Crippen LogP contribution in [0.15, 0.2) is 83.0 Å². The van der Waals surface area contributed by atoms with Gasteiger partial charge in [-0.2, -0.15) is 0 Å². The van der Waals surface area contributed by atoms with Gasteiger partial charge < -0.3 is 10.1 Å². The van der Waals surface area contributed by atoms with Gasteiger partial charge in [0.15, 0.2) is 0 Å². The summed E-state index contributed by atoms with van der Waals surface area (Å²) in [5.41, 5.74) is 7.95. The number of hydrogen-bond acceptors (Lipinski definition) is 3. The molecule has 0 saturated carbocycles. The Kier molecular flexibility index (Phi) is 7.64. The Hall–Kier alpha value is -2.62. The first-order chi connectivity index (χ1) is 16.9. The highest BCUT2D eigenvalue weighted by molar-refractivity contribution is 6.31. The van der Waals surface area contributed by atoms with E-state index in [4.69, 9.17) is 21.3 Å². The van der Waals surface area contributed by atoms with Crippen molar-refractivity contribution in [3.8, 4) is 0 Å². The van der Waals surface area contributed by atoms with Crippen LogP contribution >= 0.6 is 11.6 Å². The number of anilines is 1. The summed E-state index contributed by atoms with van der Waals surface area (Å²) in [6.07, 6.45) is 16.6. The lowest BCUT2D eigenvalue weighted by molar-refractivity contribution is -0.0544. The van der Waals surface area contributed by atoms with Crippen LogP contribution < -0.4 is 5.32 Å². The molecule has 1 unspecified atom stereocenters. The second-order valence-corrected chi connectivity index (χ2v) is 11.8. The molecule has 1 aliphatic carbocycles. The minimum Gasteiger partial charge on any atom is -0.355 e. The molecule has 2 aromatic rings. The van der Waals surface area contributed by atoms with E-state index in [1.807, 2.05) is 18.2 Å². The largest absolute Gasteiger partial charge is 0.355 e. The minimum absolute atomic E-state index is 0.246. The van der Waals surface area contributed by atoms with E-state index < -0.39 is 5.60 Å². The molecule has 0 fully saturated rings. The molecule has 36 heavy (non-hydrogen) atoms. The maximum atomic E-state index is 6.36. The van der Waals surface area contributed by atoms with Gasteiger partial charge in [-0.05, 0) is 95.2 Å². The highest BCUT2D eigenvalue weighted by atomic mass is 35.5. The predicted molar refractivity (Wildman–Crippen MR) is 154 cm³/mol. The molecular weight excluding hydrogens is 464 g/mol. The number of allylic oxidation sites excluding steroid dienone is 9. The third-order valence-electron chi connectivity index (χ3n) is 7.25. The molecule has 0 radical (unpaired) electrons. The molecule has 0 amide bonds. The number of hydrogen-bond donors (Lipinski definition) is 1. The number of rotatable bonds is 5. The molecule has 0 bridgehead atoms. The van der Waals surface area contributed by atoms with Crippen LogP contribution in [0, 0.1) is 5.41 Å². The summed E-state index contributed by atoms with van der Waals surface area (Å²) in [5.74, 6) is 0. The van der Waals surface area contributed by atoms with Gasteiger partial charge in [-0.1, -0.05) is 72.5 Å². The Morgan fingerprint density at radius 2 is 1.89 bits per heavy atom. The molecule has 3 nitrogen and oxygen atoms in total. The maximum Gasteiger partial charge on any atom is 0.148 e. The lowest BCUT2D eigenvalue weighted by Gasteiger charge is -2.37.